The third-order valence-electron chi connectivity index (χ3n) is 3.78. The Bertz CT molecular complexity index is 199. The number of rotatable bonds is 0. The lowest BCUT2D eigenvalue weighted by molar-refractivity contribution is 0.129. The maximum Gasteiger partial charge on any atom is 0.0425 e. The Morgan fingerprint density at radius 2 is 1.64 bits per heavy atom. The molecule has 0 radical (unpaired) electrons. The Hall–Kier alpha value is -0.460. The van der Waals surface area contributed by atoms with Gasteiger partial charge in [-0.15, -0.1) is 0 Å². The molecule has 64 valence electrons. The minimum absolute atomic E-state index is 0.261. The highest BCUT2D eigenvalue weighted by Crippen LogP contribution is 2.46. The van der Waals surface area contributed by atoms with Crippen molar-refractivity contribution in [2.24, 2.45) is 5.41 Å². The molecule has 0 saturated heterocycles. The number of hydrogen-bond donors (Lipinski definition) is 0. The van der Waals surface area contributed by atoms with Crippen LogP contribution in [0.3, 0.4) is 0 Å². The second kappa shape index (κ2) is 2.02. The molecule has 1 heterocycles. The monoisotopic (exact) mass is 153 g/mol. The van der Waals surface area contributed by atoms with Crippen molar-refractivity contribution in [2.45, 2.75) is 40.2 Å². The highest BCUT2D eigenvalue weighted by molar-refractivity contribution is 5.23. The first-order valence-electron chi connectivity index (χ1n) is 4.22. The van der Waals surface area contributed by atoms with Crippen LogP contribution in [0.5, 0.6) is 0 Å². The summed E-state index contributed by atoms with van der Waals surface area (Å²) in [6.45, 7) is 11.4. The van der Waals surface area contributed by atoms with Crippen molar-refractivity contribution in [3.63, 3.8) is 0 Å². The Morgan fingerprint density at radius 1 is 1.18 bits per heavy atom. The average molecular weight is 153 g/mol. The molecule has 1 heteroatoms. The second-order valence-electron chi connectivity index (χ2n) is 4.61. The minimum Gasteiger partial charge on any atom is -0.374 e. The van der Waals surface area contributed by atoms with Crippen molar-refractivity contribution < 1.29 is 0 Å². The third-order valence-corrected chi connectivity index (χ3v) is 3.78. The molecule has 1 aliphatic rings. The van der Waals surface area contributed by atoms with E-state index in [0.717, 1.165) is 0 Å². The molecular formula is C10H19N. The van der Waals surface area contributed by atoms with Gasteiger partial charge in [-0.2, -0.15) is 0 Å². The predicted molar refractivity (Wildman–Crippen MR) is 49.4 cm³/mol. The summed E-state index contributed by atoms with van der Waals surface area (Å²) in [5.74, 6) is 0. The van der Waals surface area contributed by atoms with Gasteiger partial charge in [-0.05, 0) is 32.5 Å². The molecule has 0 amide bonds. The smallest absolute Gasteiger partial charge is 0.0425 e. The third kappa shape index (κ3) is 0.901. The largest absolute Gasteiger partial charge is 0.374 e. The normalized spacial score (nSPS) is 27.1. The van der Waals surface area contributed by atoms with E-state index in [9.17, 15) is 0 Å². The Kier molecular flexibility index (Phi) is 1.59. The molecule has 0 aromatic heterocycles. The van der Waals surface area contributed by atoms with Crippen LogP contribution < -0.4 is 0 Å². The zero-order valence-corrected chi connectivity index (χ0v) is 8.52. The first-order valence-corrected chi connectivity index (χ1v) is 4.22. The van der Waals surface area contributed by atoms with Crippen LogP contribution in [0.2, 0.25) is 0 Å². The molecular weight excluding hydrogens is 134 g/mol. The van der Waals surface area contributed by atoms with Crippen LogP contribution in [0.15, 0.2) is 11.8 Å². The van der Waals surface area contributed by atoms with Crippen molar-refractivity contribution in [1.29, 1.82) is 0 Å². The summed E-state index contributed by atoms with van der Waals surface area (Å²) in [5.41, 5.74) is 2.05. The molecule has 1 rings (SSSR count). The van der Waals surface area contributed by atoms with Crippen LogP contribution in [0.25, 0.3) is 0 Å². The molecule has 0 bridgehead atoms. The van der Waals surface area contributed by atoms with Gasteiger partial charge in [-0.25, -0.2) is 0 Å². The van der Waals surface area contributed by atoms with E-state index in [1.54, 1.807) is 0 Å². The highest BCUT2D eigenvalue weighted by Gasteiger charge is 2.44. The van der Waals surface area contributed by atoms with Gasteiger partial charge in [-0.1, -0.05) is 13.8 Å². The van der Waals surface area contributed by atoms with Crippen molar-refractivity contribution in [3.8, 4) is 0 Å². The van der Waals surface area contributed by atoms with Gasteiger partial charge in [0, 0.05) is 18.0 Å². The summed E-state index contributed by atoms with van der Waals surface area (Å²) in [5, 5.41) is 0. The van der Waals surface area contributed by atoms with Gasteiger partial charge in [0.2, 0.25) is 0 Å². The zero-order chi connectivity index (χ0) is 8.86. The molecule has 0 unspecified atom stereocenters. The van der Waals surface area contributed by atoms with Crippen molar-refractivity contribution >= 4 is 0 Å². The van der Waals surface area contributed by atoms with Crippen LogP contribution >= 0.6 is 0 Å². The molecule has 0 fully saturated rings. The lowest BCUT2D eigenvalue weighted by Crippen LogP contribution is -2.45. The standard InChI is InChI=1S/C10H19N/c1-8-7-11(6)10(4,5)9(8,2)3/h7H,1-6H3. The van der Waals surface area contributed by atoms with Gasteiger partial charge >= 0.3 is 0 Å². The molecule has 0 aromatic rings. The first-order chi connectivity index (χ1) is 4.80. The molecule has 0 spiro atoms. The minimum atomic E-state index is 0.261. The second-order valence-corrected chi connectivity index (χ2v) is 4.61. The van der Waals surface area contributed by atoms with Gasteiger partial charge in [0.15, 0.2) is 0 Å². The fourth-order valence-electron chi connectivity index (χ4n) is 1.54. The van der Waals surface area contributed by atoms with Crippen molar-refractivity contribution in [3.05, 3.63) is 11.8 Å². The van der Waals surface area contributed by atoms with E-state index in [0.29, 0.717) is 5.41 Å². The van der Waals surface area contributed by atoms with E-state index in [1.807, 2.05) is 0 Å². The molecule has 0 atom stereocenters. The van der Waals surface area contributed by atoms with Crippen LogP contribution in [0, 0.1) is 5.41 Å². The Morgan fingerprint density at radius 3 is 1.73 bits per heavy atom. The maximum atomic E-state index is 2.31. The number of nitrogens with zero attached hydrogens (tertiary/aromatic N) is 1. The Balaban J connectivity index is 3.07. The topological polar surface area (TPSA) is 3.24 Å². The molecule has 0 aliphatic carbocycles. The van der Waals surface area contributed by atoms with Crippen molar-refractivity contribution in [2.75, 3.05) is 7.05 Å². The van der Waals surface area contributed by atoms with E-state index in [-0.39, 0.29) is 5.54 Å². The van der Waals surface area contributed by atoms with Crippen LogP contribution in [-0.4, -0.2) is 17.5 Å². The maximum absolute atomic E-state index is 2.31. The molecule has 11 heavy (non-hydrogen) atoms. The SMILES string of the molecule is CC1=CN(C)C(C)(C)C1(C)C. The summed E-state index contributed by atoms with van der Waals surface area (Å²) in [4.78, 5) is 2.31. The first kappa shape index (κ1) is 8.63. The quantitative estimate of drug-likeness (QED) is 0.517. The summed E-state index contributed by atoms with van der Waals surface area (Å²) >= 11 is 0. The van der Waals surface area contributed by atoms with Gasteiger partial charge in [-0.3, -0.25) is 0 Å². The lowest BCUT2D eigenvalue weighted by Gasteiger charge is -2.41. The summed E-state index contributed by atoms with van der Waals surface area (Å²) in [6, 6.07) is 0. The summed E-state index contributed by atoms with van der Waals surface area (Å²) in [6.07, 6.45) is 2.25. The predicted octanol–water partition coefficient (Wildman–Crippen LogP) is 2.64. The van der Waals surface area contributed by atoms with Crippen molar-refractivity contribution in [1.82, 2.24) is 4.90 Å². The molecule has 0 aromatic carbocycles. The Labute approximate surface area is 70.1 Å². The van der Waals surface area contributed by atoms with E-state index in [1.165, 1.54) is 5.57 Å². The number of hydrogen-bond acceptors (Lipinski definition) is 1. The zero-order valence-electron chi connectivity index (χ0n) is 8.52. The molecule has 0 N–H and O–H groups in total. The summed E-state index contributed by atoms with van der Waals surface area (Å²) < 4.78 is 0. The average Bonchev–Trinajstić information content (AvgIpc) is 1.95. The van der Waals surface area contributed by atoms with Gasteiger partial charge in [0.1, 0.15) is 0 Å². The summed E-state index contributed by atoms with van der Waals surface area (Å²) in [7, 11) is 2.15. The van der Waals surface area contributed by atoms with Crippen LogP contribution in [0.4, 0.5) is 0 Å². The fourth-order valence-corrected chi connectivity index (χ4v) is 1.54. The van der Waals surface area contributed by atoms with Crippen LogP contribution in [0.1, 0.15) is 34.6 Å². The van der Waals surface area contributed by atoms with E-state index in [2.05, 4.69) is 52.8 Å². The van der Waals surface area contributed by atoms with Crippen LogP contribution in [-0.2, 0) is 0 Å². The van der Waals surface area contributed by atoms with E-state index >= 15 is 0 Å². The highest BCUT2D eigenvalue weighted by atomic mass is 15.2. The van der Waals surface area contributed by atoms with E-state index < -0.39 is 0 Å². The molecule has 1 nitrogen and oxygen atoms in total. The fraction of sp³-hybridized carbons (Fsp3) is 0.800. The molecule has 1 aliphatic heterocycles. The van der Waals surface area contributed by atoms with Gasteiger partial charge < -0.3 is 4.90 Å². The van der Waals surface area contributed by atoms with E-state index in [4.69, 9.17) is 0 Å². The lowest BCUT2D eigenvalue weighted by atomic mass is 9.72. The van der Waals surface area contributed by atoms with Gasteiger partial charge in [0.25, 0.3) is 0 Å². The molecule has 0 saturated carbocycles. The van der Waals surface area contributed by atoms with Gasteiger partial charge in [0.05, 0.1) is 0 Å².